The Morgan fingerprint density at radius 2 is 1.88 bits per heavy atom. The highest BCUT2D eigenvalue weighted by Crippen LogP contribution is 2.45. The fourth-order valence-corrected chi connectivity index (χ4v) is 6.09. The number of rotatable bonds is 5. The molecule has 0 unspecified atom stereocenters. The highest BCUT2D eigenvalue weighted by Gasteiger charge is 2.40. The Kier molecular flexibility index (Phi) is 4.94. The van der Waals surface area contributed by atoms with Crippen molar-refractivity contribution in [3.05, 3.63) is 90.0 Å². The molecular weight excluding hydrogens is 396 g/mol. The van der Waals surface area contributed by atoms with Crippen LogP contribution < -0.4 is 0 Å². The molecular formula is C28H28N2O2. The number of hydrogen-bond acceptors (Lipinski definition) is 3. The minimum atomic E-state index is -0.00828. The molecule has 1 amide bonds. The third kappa shape index (κ3) is 3.38. The molecule has 4 atom stereocenters. The highest BCUT2D eigenvalue weighted by atomic mass is 16.3. The number of carbonyl (C=O) groups excluding carboxylic acids is 1. The van der Waals surface area contributed by atoms with Gasteiger partial charge in [-0.15, -0.1) is 0 Å². The van der Waals surface area contributed by atoms with Crippen LogP contribution in [0.5, 0.6) is 0 Å². The number of aromatic nitrogens is 1. The van der Waals surface area contributed by atoms with Gasteiger partial charge in [0, 0.05) is 12.1 Å². The molecule has 32 heavy (non-hydrogen) atoms. The third-order valence-electron chi connectivity index (χ3n) is 7.63. The molecule has 2 aromatic carbocycles. The first kappa shape index (κ1) is 19.5. The van der Waals surface area contributed by atoms with E-state index in [9.17, 15) is 4.79 Å². The predicted octanol–water partition coefficient (Wildman–Crippen LogP) is 6.07. The number of amides is 1. The minimum Gasteiger partial charge on any atom is -0.443 e. The molecule has 4 heteroatoms. The summed E-state index contributed by atoms with van der Waals surface area (Å²) in [4.78, 5) is 20.6. The molecule has 3 aromatic rings. The summed E-state index contributed by atoms with van der Waals surface area (Å²) in [7, 11) is 0. The topological polar surface area (TPSA) is 46.3 Å². The molecule has 0 spiro atoms. The average Bonchev–Trinajstić information content (AvgIpc) is 3.60. The normalized spacial score (nSPS) is 25.6. The van der Waals surface area contributed by atoms with Crippen LogP contribution in [0.1, 0.15) is 53.3 Å². The molecule has 2 bridgehead atoms. The van der Waals surface area contributed by atoms with Crippen molar-refractivity contribution in [1.82, 2.24) is 9.88 Å². The smallest absolute Gasteiger partial charge is 0.277 e. The second kappa shape index (κ2) is 8.09. The molecule has 1 fully saturated rings. The van der Waals surface area contributed by atoms with Gasteiger partial charge in [-0.2, -0.15) is 0 Å². The molecule has 4 nitrogen and oxygen atoms in total. The number of carbonyl (C=O) groups is 1. The Morgan fingerprint density at radius 1 is 1.03 bits per heavy atom. The maximum absolute atomic E-state index is 14.1. The molecule has 0 N–H and O–H groups in total. The van der Waals surface area contributed by atoms with Crippen molar-refractivity contribution in [1.29, 1.82) is 0 Å². The number of hydrogen-bond donors (Lipinski definition) is 0. The van der Waals surface area contributed by atoms with Crippen molar-refractivity contribution in [2.75, 3.05) is 6.54 Å². The molecule has 0 aliphatic heterocycles. The van der Waals surface area contributed by atoms with Crippen molar-refractivity contribution in [3.63, 3.8) is 0 Å². The van der Waals surface area contributed by atoms with Crippen LogP contribution in [0.3, 0.4) is 0 Å². The van der Waals surface area contributed by atoms with E-state index in [-0.39, 0.29) is 11.9 Å². The van der Waals surface area contributed by atoms with E-state index >= 15 is 0 Å². The molecule has 162 valence electrons. The van der Waals surface area contributed by atoms with Gasteiger partial charge in [-0.1, -0.05) is 66.7 Å². The van der Waals surface area contributed by atoms with Gasteiger partial charge in [0.2, 0.25) is 0 Å². The molecule has 3 aliphatic rings. The van der Waals surface area contributed by atoms with Crippen LogP contribution in [-0.4, -0.2) is 22.3 Å². The summed E-state index contributed by atoms with van der Waals surface area (Å²) in [6.45, 7) is 0.782. The van der Waals surface area contributed by atoms with Crippen molar-refractivity contribution >= 4 is 5.91 Å². The van der Waals surface area contributed by atoms with Gasteiger partial charge >= 0.3 is 0 Å². The van der Waals surface area contributed by atoms with Crippen LogP contribution in [-0.2, 0) is 6.42 Å². The summed E-state index contributed by atoms with van der Waals surface area (Å²) < 4.78 is 5.73. The van der Waals surface area contributed by atoms with Gasteiger partial charge in [-0.25, -0.2) is 4.98 Å². The molecule has 1 aromatic heterocycles. The summed E-state index contributed by atoms with van der Waals surface area (Å²) in [6.07, 6.45) is 11.8. The standard InChI is InChI=1S/C28H28N2O2/c31-28(26-27(32-18-29-26)21-8-2-1-3-9-21)30(17-23-16-19-13-14-22(23)15-19)25-12-6-10-20-7-4-5-11-24(20)25/h1-5,7-9,11,13-14,18-19,22-23,25H,6,10,12,15-17H2/t19-,22-,23-,25-/m1/s1. The van der Waals surface area contributed by atoms with Crippen molar-refractivity contribution in [2.24, 2.45) is 17.8 Å². The lowest BCUT2D eigenvalue weighted by Gasteiger charge is -2.38. The summed E-state index contributed by atoms with van der Waals surface area (Å²) in [5.74, 6) is 2.37. The Balaban J connectivity index is 1.38. The summed E-state index contributed by atoms with van der Waals surface area (Å²) in [5.41, 5.74) is 3.99. The summed E-state index contributed by atoms with van der Waals surface area (Å²) >= 11 is 0. The average molecular weight is 425 g/mol. The van der Waals surface area contributed by atoms with E-state index in [1.165, 1.54) is 30.4 Å². The van der Waals surface area contributed by atoms with Crippen molar-refractivity contribution in [2.45, 2.75) is 38.1 Å². The van der Waals surface area contributed by atoms with Crippen molar-refractivity contribution < 1.29 is 9.21 Å². The van der Waals surface area contributed by atoms with Gasteiger partial charge in [0.05, 0.1) is 6.04 Å². The number of allylic oxidation sites excluding steroid dienone is 2. The van der Waals surface area contributed by atoms with Crippen LogP contribution >= 0.6 is 0 Å². The third-order valence-corrected chi connectivity index (χ3v) is 7.63. The predicted molar refractivity (Wildman–Crippen MR) is 124 cm³/mol. The zero-order chi connectivity index (χ0) is 21.5. The zero-order valence-corrected chi connectivity index (χ0v) is 18.2. The van der Waals surface area contributed by atoms with E-state index in [2.05, 4.69) is 46.3 Å². The van der Waals surface area contributed by atoms with Gasteiger partial charge in [0.15, 0.2) is 17.8 Å². The Labute approximate surface area is 189 Å². The minimum absolute atomic E-state index is 0.00828. The molecule has 6 rings (SSSR count). The molecule has 0 saturated heterocycles. The van der Waals surface area contributed by atoms with E-state index in [1.54, 1.807) is 0 Å². The van der Waals surface area contributed by atoms with Crippen molar-refractivity contribution in [3.8, 4) is 11.3 Å². The number of fused-ring (bicyclic) bond motifs is 3. The van der Waals surface area contributed by atoms with E-state index < -0.39 is 0 Å². The summed E-state index contributed by atoms with van der Waals surface area (Å²) in [5, 5.41) is 0. The Bertz CT molecular complexity index is 1150. The number of benzene rings is 2. The summed E-state index contributed by atoms with van der Waals surface area (Å²) in [6, 6.07) is 18.6. The number of oxazole rings is 1. The van der Waals surface area contributed by atoms with Gasteiger partial charge in [0.25, 0.3) is 5.91 Å². The lowest BCUT2D eigenvalue weighted by molar-refractivity contribution is 0.0599. The molecule has 0 radical (unpaired) electrons. The maximum Gasteiger partial charge on any atom is 0.277 e. The Morgan fingerprint density at radius 3 is 2.69 bits per heavy atom. The van der Waals surface area contributed by atoms with Crippen LogP contribution in [0.4, 0.5) is 0 Å². The fraction of sp³-hybridized carbons (Fsp3) is 0.357. The van der Waals surface area contributed by atoms with E-state index in [1.807, 2.05) is 30.3 Å². The van der Waals surface area contributed by atoms with Crippen LogP contribution in [0, 0.1) is 17.8 Å². The van der Waals surface area contributed by atoms with E-state index in [4.69, 9.17) is 4.42 Å². The largest absolute Gasteiger partial charge is 0.443 e. The first-order chi connectivity index (χ1) is 15.8. The first-order valence-electron chi connectivity index (χ1n) is 11.8. The quantitative estimate of drug-likeness (QED) is 0.467. The van der Waals surface area contributed by atoms with Crippen LogP contribution in [0.15, 0.2) is 77.6 Å². The fourth-order valence-electron chi connectivity index (χ4n) is 6.09. The van der Waals surface area contributed by atoms with Crippen LogP contribution in [0.25, 0.3) is 11.3 Å². The van der Waals surface area contributed by atoms with Gasteiger partial charge in [-0.05, 0) is 61.0 Å². The second-order valence-corrected chi connectivity index (χ2v) is 9.50. The van der Waals surface area contributed by atoms with Gasteiger partial charge < -0.3 is 9.32 Å². The van der Waals surface area contributed by atoms with Gasteiger partial charge in [0.1, 0.15) is 0 Å². The number of aryl methyl sites for hydroxylation is 1. The van der Waals surface area contributed by atoms with Crippen LogP contribution in [0.2, 0.25) is 0 Å². The second-order valence-electron chi connectivity index (χ2n) is 9.50. The zero-order valence-electron chi connectivity index (χ0n) is 18.2. The SMILES string of the molecule is O=C(c1ncoc1-c1ccccc1)N(C[C@H]1C[C@@H]2C=C[C@@H]1C2)[C@@H]1CCCc2ccccc21. The monoisotopic (exact) mass is 424 g/mol. The molecule has 1 saturated carbocycles. The maximum atomic E-state index is 14.1. The lowest BCUT2D eigenvalue weighted by atomic mass is 9.85. The molecule has 1 heterocycles. The molecule has 3 aliphatic carbocycles. The first-order valence-corrected chi connectivity index (χ1v) is 11.8. The van der Waals surface area contributed by atoms with Gasteiger partial charge in [-0.3, -0.25) is 4.79 Å². The highest BCUT2D eigenvalue weighted by molar-refractivity contribution is 5.98. The van der Waals surface area contributed by atoms with E-state index in [0.29, 0.717) is 29.2 Å². The lowest BCUT2D eigenvalue weighted by Crippen LogP contribution is -2.41. The number of nitrogens with zero attached hydrogens (tertiary/aromatic N) is 2. The Hall–Kier alpha value is -3.14. The van der Waals surface area contributed by atoms with E-state index in [0.717, 1.165) is 31.4 Å².